The number of fused-ring (bicyclic) bond motifs is 2. The average Bonchev–Trinajstić information content (AvgIpc) is 2.97. The number of aromatic nitrogens is 3. The number of hydrogen-bond acceptors (Lipinski definition) is 3. The summed E-state index contributed by atoms with van der Waals surface area (Å²) in [6.07, 6.45) is 1.88. The molecule has 0 fully saturated rings. The number of nitrogens with two attached hydrogens (primary N) is 1. The van der Waals surface area contributed by atoms with E-state index in [0.717, 1.165) is 33.2 Å². The van der Waals surface area contributed by atoms with Crippen molar-refractivity contribution in [3.63, 3.8) is 0 Å². The van der Waals surface area contributed by atoms with E-state index in [2.05, 4.69) is 28.3 Å². The van der Waals surface area contributed by atoms with Crippen molar-refractivity contribution >= 4 is 21.8 Å². The second-order valence-electron chi connectivity index (χ2n) is 4.97. The molecule has 4 nitrogen and oxygen atoms in total. The summed E-state index contributed by atoms with van der Waals surface area (Å²) in [5.41, 5.74) is 9.68. The Morgan fingerprint density at radius 1 is 1.00 bits per heavy atom. The summed E-state index contributed by atoms with van der Waals surface area (Å²) in [6, 6.07) is 18.3. The van der Waals surface area contributed by atoms with Crippen LogP contribution in [0.1, 0.15) is 5.69 Å². The van der Waals surface area contributed by atoms with Crippen molar-refractivity contribution in [3.05, 3.63) is 66.5 Å². The van der Waals surface area contributed by atoms with E-state index >= 15 is 0 Å². The van der Waals surface area contributed by atoms with E-state index in [-0.39, 0.29) is 0 Å². The molecule has 0 aliphatic carbocycles. The maximum Gasteiger partial charge on any atom is 0.0765 e. The zero-order valence-corrected chi connectivity index (χ0v) is 11.4. The number of benzene rings is 2. The molecule has 102 valence electrons. The van der Waals surface area contributed by atoms with Gasteiger partial charge in [0, 0.05) is 17.3 Å². The Hall–Kier alpha value is -2.72. The molecular weight excluding hydrogens is 260 g/mol. The Balaban J connectivity index is 2.09. The zero-order chi connectivity index (χ0) is 14.2. The highest BCUT2D eigenvalue weighted by atomic mass is 15.3. The average molecular weight is 274 g/mol. The summed E-state index contributed by atoms with van der Waals surface area (Å²) < 4.78 is 1.96. The Bertz CT molecular complexity index is 940. The highest BCUT2D eigenvalue weighted by Crippen LogP contribution is 2.25. The van der Waals surface area contributed by atoms with Gasteiger partial charge in [0.15, 0.2) is 0 Å². The third kappa shape index (κ3) is 1.88. The van der Waals surface area contributed by atoms with Crippen molar-refractivity contribution in [1.29, 1.82) is 0 Å². The number of nitrogens with zero attached hydrogens (tertiary/aromatic N) is 3. The lowest BCUT2D eigenvalue weighted by Gasteiger charge is -2.10. The minimum atomic E-state index is 0.414. The molecule has 0 spiro atoms. The maximum absolute atomic E-state index is 5.78. The van der Waals surface area contributed by atoms with E-state index in [1.54, 1.807) is 0 Å². The fourth-order valence-corrected chi connectivity index (χ4v) is 2.65. The number of para-hydroxylation sites is 2. The molecule has 4 aromatic rings. The third-order valence-electron chi connectivity index (χ3n) is 3.66. The van der Waals surface area contributed by atoms with Gasteiger partial charge < -0.3 is 5.73 Å². The normalized spacial score (nSPS) is 11.3. The van der Waals surface area contributed by atoms with Crippen LogP contribution in [0.4, 0.5) is 0 Å². The molecule has 0 saturated carbocycles. The Kier molecular flexibility index (Phi) is 2.69. The van der Waals surface area contributed by atoms with Gasteiger partial charge in [-0.25, -0.2) is 4.68 Å². The predicted octanol–water partition coefficient (Wildman–Crippen LogP) is 3.03. The van der Waals surface area contributed by atoms with Crippen LogP contribution in [0.15, 0.2) is 60.8 Å². The van der Waals surface area contributed by atoms with Crippen molar-refractivity contribution in [1.82, 2.24) is 14.8 Å². The van der Waals surface area contributed by atoms with E-state index in [0.29, 0.717) is 6.54 Å². The van der Waals surface area contributed by atoms with Crippen LogP contribution in [0.5, 0.6) is 0 Å². The van der Waals surface area contributed by atoms with Crippen molar-refractivity contribution in [2.24, 2.45) is 5.73 Å². The molecule has 2 N–H and O–H groups in total. The monoisotopic (exact) mass is 274 g/mol. The molecule has 4 rings (SSSR count). The first kappa shape index (κ1) is 12.1. The zero-order valence-electron chi connectivity index (χ0n) is 11.4. The van der Waals surface area contributed by atoms with Gasteiger partial charge in [0.2, 0.25) is 0 Å². The molecular formula is C17H14N4. The van der Waals surface area contributed by atoms with Gasteiger partial charge in [0.1, 0.15) is 0 Å². The predicted molar refractivity (Wildman–Crippen MR) is 84.3 cm³/mol. The van der Waals surface area contributed by atoms with E-state index in [4.69, 9.17) is 5.73 Å². The lowest BCUT2D eigenvalue weighted by molar-refractivity contribution is 0.905. The number of hydrogen-bond donors (Lipinski definition) is 1. The SMILES string of the molecule is NCc1cc(-n2ncc3ccccc32)c2ccccc2n1. The molecule has 0 unspecified atom stereocenters. The highest BCUT2D eigenvalue weighted by molar-refractivity contribution is 5.90. The van der Waals surface area contributed by atoms with Gasteiger partial charge in [-0.2, -0.15) is 5.10 Å². The molecule has 21 heavy (non-hydrogen) atoms. The van der Waals surface area contributed by atoms with Gasteiger partial charge >= 0.3 is 0 Å². The smallest absolute Gasteiger partial charge is 0.0765 e. The highest BCUT2D eigenvalue weighted by Gasteiger charge is 2.10. The molecule has 4 heteroatoms. The van der Waals surface area contributed by atoms with Gasteiger partial charge in [0.05, 0.1) is 28.6 Å². The summed E-state index contributed by atoms with van der Waals surface area (Å²) in [4.78, 5) is 4.58. The first-order valence-electron chi connectivity index (χ1n) is 6.89. The second-order valence-corrected chi connectivity index (χ2v) is 4.97. The minimum absolute atomic E-state index is 0.414. The number of pyridine rings is 1. The first-order chi connectivity index (χ1) is 10.4. The summed E-state index contributed by atoms with van der Waals surface area (Å²) in [5.74, 6) is 0. The van der Waals surface area contributed by atoms with Crippen LogP contribution in [0, 0.1) is 0 Å². The van der Waals surface area contributed by atoms with E-state index < -0.39 is 0 Å². The molecule has 0 aliphatic rings. The van der Waals surface area contributed by atoms with E-state index in [1.165, 1.54) is 0 Å². The van der Waals surface area contributed by atoms with Gasteiger partial charge in [-0.15, -0.1) is 0 Å². The summed E-state index contributed by atoms with van der Waals surface area (Å²) in [7, 11) is 0. The molecule has 0 aliphatic heterocycles. The fourth-order valence-electron chi connectivity index (χ4n) is 2.65. The summed E-state index contributed by atoms with van der Waals surface area (Å²) in [5, 5.41) is 6.73. The fraction of sp³-hybridized carbons (Fsp3) is 0.0588. The first-order valence-corrected chi connectivity index (χ1v) is 6.89. The van der Waals surface area contributed by atoms with Crippen LogP contribution in [-0.4, -0.2) is 14.8 Å². The molecule has 0 amide bonds. The van der Waals surface area contributed by atoms with Crippen LogP contribution in [-0.2, 0) is 6.54 Å². The summed E-state index contributed by atoms with van der Waals surface area (Å²) in [6.45, 7) is 0.414. The van der Waals surface area contributed by atoms with Crippen molar-refractivity contribution in [2.75, 3.05) is 0 Å². The minimum Gasteiger partial charge on any atom is -0.325 e. The van der Waals surface area contributed by atoms with E-state index in [9.17, 15) is 0 Å². The Labute approximate surface area is 121 Å². The molecule has 2 aromatic heterocycles. The topological polar surface area (TPSA) is 56.7 Å². The van der Waals surface area contributed by atoms with Crippen LogP contribution < -0.4 is 5.73 Å². The Morgan fingerprint density at radius 3 is 2.71 bits per heavy atom. The molecule has 0 radical (unpaired) electrons. The van der Waals surface area contributed by atoms with Crippen LogP contribution >= 0.6 is 0 Å². The molecule has 0 saturated heterocycles. The number of rotatable bonds is 2. The van der Waals surface area contributed by atoms with Gasteiger partial charge in [0.25, 0.3) is 0 Å². The molecule has 2 heterocycles. The Morgan fingerprint density at radius 2 is 1.81 bits per heavy atom. The largest absolute Gasteiger partial charge is 0.325 e. The van der Waals surface area contributed by atoms with Crippen molar-refractivity contribution in [3.8, 4) is 5.69 Å². The molecule has 0 atom stereocenters. The van der Waals surface area contributed by atoms with Gasteiger partial charge in [-0.3, -0.25) is 4.98 Å². The van der Waals surface area contributed by atoms with Crippen molar-refractivity contribution < 1.29 is 0 Å². The third-order valence-corrected chi connectivity index (χ3v) is 3.66. The molecule has 0 bridgehead atoms. The van der Waals surface area contributed by atoms with Crippen LogP contribution in [0.25, 0.3) is 27.5 Å². The molecule has 2 aromatic carbocycles. The van der Waals surface area contributed by atoms with Gasteiger partial charge in [-0.05, 0) is 18.2 Å². The lowest BCUT2D eigenvalue weighted by atomic mass is 10.1. The van der Waals surface area contributed by atoms with Crippen LogP contribution in [0.2, 0.25) is 0 Å². The van der Waals surface area contributed by atoms with Crippen molar-refractivity contribution in [2.45, 2.75) is 6.54 Å². The standard InChI is InChI=1S/C17H14N4/c18-10-13-9-17(14-6-2-3-7-15(14)20-13)21-16-8-4-1-5-12(16)11-19-21/h1-9,11H,10,18H2. The maximum atomic E-state index is 5.78. The van der Waals surface area contributed by atoms with Crippen LogP contribution in [0.3, 0.4) is 0 Å². The van der Waals surface area contributed by atoms with E-state index in [1.807, 2.05) is 47.3 Å². The second kappa shape index (κ2) is 4.68. The quantitative estimate of drug-likeness (QED) is 0.611. The lowest BCUT2D eigenvalue weighted by Crippen LogP contribution is -2.04. The van der Waals surface area contributed by atoms with Gasteiger partial charge in [-0.1, -0.05) is 36.4 Å². The summed E-state index contributed by atoms with van der Waals surface area (Å²) >= 11 is 0.